The van der Waals surface area contributed by atoms with E-state index in [1.807, 2.05) is 0 Å². The van der Waals surface area contributed by atoms with Crippen LogP contribution in [0.2, 0.25) is 0 Å². The second-order valence-corrected chi connectivity index (χ2v) is 8.06. The van der Waals surface area contributed by atoms with Gasteiger partial charge in [0.05, 0.1) is 9.82 Å². The minimum Gasteiger partial charge on any atom is -0.366 e. The number of sulfonamides is 1. The molecule has 3 aromatic rings. The summed E-state index contributed by atoms with van der Waals surface area (Å²) < 4.78 is 41.2. The lowest BCUT2D eigenvalue weighted by atomic mass is 10.1. The third kappa shape index (κ3) is 4.25. The Kier molecular flexibility index (Phi) is 5.62. The maximum Gasteiger partial charge on any atom is 0.293 e. The Hall–Kier alpha value is -3.31. The number of nitrogens with one attached hydrogen (secondary N) is 2. The molecule has 0 aliphatic carbocycles. The second-order valence-electron chi connectivity index (χ2n) is 6.17. The molecule has 0 aliphatic rings. The lowest BCUT2D eigenvalue weighted by Gasteiger charge is -2.20. The first kappa shape index (κ1) is 20.4. The van der Waals surface area contributed by atoms with Gasteiger partial charge in [0, 0.05) is 25.5 Å². The first-order valence-corrected chi connectivity index (χ1v) is 9.92. The van der Waals surface area contributed by atoms with Crippen LogP contribution in [0.5, 0.6) is 0 Å². The molecule has 0 aliphatic heterocycles. The van der Waals surface area contributed by atoms with E-state index in [1.165, 1.54) is 31.3 Å². The average Bonchev–Trinajstić information content (AvgIpc) is 3.12. The number of nitro benzene ring substituents is 1. The highest BCUT2D eigenvalue weighted by atomic mass is 32.2. The van der Waals surface area contributed by atoms with Gasteiger partial charge in [-0.05, 0) is 36.9 Å². The molecule has 152 valence electrons. The number of anilines is 1. The highest BCUT2D eigenvalue weighted by Crippen LogP contribution is 2.33. The fourth-order valence-electron chi connectivity index (χ4n) is 2.83. The molecular weight excluding hydrogens is 401 g/mol. The maximum absolute atomic E-state index is 13.4. The van der Waals surface area contributed by atoms with Gasteiger partial charge in [0.15, 0.2) is 0 Å². The minimum atomic E-state index is -3.85. The topological polar surface area (TPSA) is 119 Å². The summed E-state index contributed by atoms with van der Waals surface area (Å²) in [5.41, 5.74) is 0.312. The van der Waals surface area contributed by atoms with Crippen LogP contribution in [-0.4, -0.2) is 29.9 Å². The van der Waals surface area contributed by atoms with Crippen LogP contribution in [0.25, 0.3) is 0 Å². The van der Waals surface area contributed by atoms with Crippen molar-refractivity contribution in [1.29, 1.82) is 0 Å². The number of rotatable bonds is 7. The van der Waals surface area contributed by atoms with E-state index in [-0.39, 0.29) is 10.6 Å². The maximum atomic E-state index is 13.4. The van der Waals surface area contributed by atoms with Crippen molar-refractivity contribution in [3.8, 4) is 0 Å². The Balaban J connectivity index is 2.09. The zero-order valence-corrected chi connectivity index (χ0v) is 16.4. The summed E-state index contributed by atoms with van der Waals surface area (Å²) in [4.78, 5) is 15.0. The molecule has 0 radical (unpaired) electrons. The Labute approximate surface area is 166 Å². The monoisotopic (exact) mass is 419 g/mol. The largest absolute Gasteiger partial charge is 0.366 e. The molecule has 2 aromatic carbocycles. The van der Waals surface area contributed by atoms with Crippen LogP contribution >= 0.6 is 0 Å². The van der Waals surface area contributed by atoms with Gasteiger partial charge in [0.25, 0.3) is 5.69 Å². The number of hydrogen-bond donors (Lipinski definition) is 2. The molecule has 1 atom stereocenters. The summed E-state index contributed by atoms with van der Waals surface area (Å²) in [6.45, 7) is 0. The molecule has 0 unspecified atom stereocenters. The molecule has 0 bridgehead atoms. The summed E-state index contributed by atoms with van der Waals surface area (Å²) in [6.07, 6.45) is 3.29. The molecule has 29 heavy (non-hydrogen) atoms. The van der Waals surface area contributed by atoms with Crippen molar-refractivity contribution in [1.82, 2.24) is 14.3 Å². The van der Waals surface area contributed by atoms with Crippen LogP contribution in [-0.2, 0) is 17.1 Å². The lowest BCUT2D eigenvalue weighted by molar-refractivity contribution is -0.384. The quantitative estimate of drug-likeness (QED) is 0.449. The molecule has 1 aromatic heterocycles. The molecule has 0 saturated heterocycles. The second kappa shape index (κ2) is 7.97. The number of benzene rings is 2. The van der Waals surface area contributed by atoms with Crippen LogP contribution in [0.1, 0.15) is 17.4 Å². The van der Waals surface area contributed by atoms with Crippen LogP contribution in [0, 0.1) is 15.9 Å². The molecule has 0 spiro atoms. The van der Waals surface area contributed by atoms with Gasteiger partial charge in [-0.1, -0.05) is 12.1 Å². The number of nitro groups is 1. The zero-order chi connectivity index (χ0) is 21.2. The Morgan fingerprint density at radius 3 is 2.45 bits per heavy atom. The Morgan fingerprint density at radius 1 is 1.21 bits per heavy atom. The number of nitrogens with zero attached hydrogens (tertiary/aromatic N) is 3. The molecule has 3 rings (SSSR count). The van der Waals surface area contributed by atoms with Crippen molar-refractivity contribution in [3.05, 3.63) is 82.2 Å². The van der Waals surface area contributed by atoms with E-state index in [0.717, 1.165) is 6.07 Å². The van der Waals surface area contributed by atoms with E-state index in [4.69, 9.17) is 0 Å². The Bertz CT molecular complexity index is 1150. The van der Waals surface area contributed by atoms with Crippen LogP contribution in [0.3, 0.4) is 0 Å². The van der Waals surface area contributed by atoms with Crippen molar-refractivity contribution < 1.29 is 17.7 Å². The van der Waals surface area contributed by atoms with Gasteiger partial charge in [-0.15, -0.1) is 0 Å². The van der Waals surface area contributed by atoms with Gasteiger partial charge in [-0.2, -0.15) is 0 Å². The van der Waals surface area contributed by atoms with Gasteiger partial charge in [0.1, 0.15) is 23.4 Å². The smallest absolute Gasteiger partial charge is 0.293 e. The first-order chi connectivity index (χ1) is 13.7. The number of aromatic nitrogens is 2. The van der Waals surface area contributed by atoms with E-state index >= 15 is 0 Å². The van der Waals surface area contributed by atoms with Gasteiger partial charge in [-0.25, -0.2) is 22.5 Å². The van der Waals surface area contributed by atoms with E-state index in [9.17, 15) is 22.9 Å². The van der Waals surface area contributed by atoms with Crippen LogP contribution < -0.4 is 10.0 Å². The van der Waals surface area contributed by atoms with Crippen molar-refractivity contribution in [2.45, 2.75) is 10.9 Å². The van der Waals surface area contributed by atoms with Gasteiger partial charge in [-0.3, -0.25) is 10.1 Å². The fourth-order valence-corrected chi connectivity index (χ4v) is 3.58. The van der Waals surface area contributed by atoms with E-state index < -0.39 is 32.5 Å². The first-order valence-electron chi connectivity index (χ1n) is 8.44. The Morgan fingerprint density at radius 2 is 1.90 bits per heavy atom. The summed E-state index contributed by atoms with van der Waals surface area (Å²) in [5.74, 6) is 0.123. The summed E-state index contributed by atoms with van der Waals surface area (Å²) >= 11 is 0. The average molecular weight is 419 g/mol. The lowest BCUT2D eigenvalue weighted by Crippen LogP contribution is -2.20. The highest BCUT2D eigenvalue weighted by molar-refractivity contribution is 7.89. The molecule has 2 N–H and O–H groups in total. The number of aryl methyl sites for hydroxylation is 1. The number of hydrogen-bond acceptors (Lipinski definition) is 6. The standard InChI is InChI=1S/C18H18FN5O4S/c1-20-29(27,28)14-7-8-15(16(11-14)24(25)26)22-17(18-21-9-10-23(18)2)12-3-5-13(19)6-4-12/h3-11,17,20,22H,1-2H3/t17-/m0/s1. The molecule has 0 saturated carbocycles. The summed E-state index contributed by atoms with van der Waals surface area (Å²) in [7, 11) is -0.864. The predicted octanol–water partition coefficient (Wildman–Crippen LogP) is 2.58. The van der Waals surface area contributed by atoms with E-state index in [0.29, 0.717) is 11.4 Å². The third-order valence-electron chi connectivity index (χ3n) is 4.36. The third-order valence-corrected chi connectivity index (χ3v) is 5.78. The molecule has 9 nitrogen and oxygen atoms in total. The van der Waals surface area contributed by atoms with E-state index in [1.54, 1.807) is 36.1 Å². The normalized spacial score (nSPS) is 12.5. The summed E-state index contributed by atoms with van der Waals surface area (Å²) in [6, 6.07) is 8.59. The molecular formula is C18H18FN5O4S. The van der Waals surface area contributed by atoms with Crippen molar-refractivity contribution in [3.63, 3.8) is 0 Å². The van der Waals surface area contributed by atoms with Crippen molar-refractivity contribution >= 4 is 21.4 Å². The zero-order valence-electron chi connectivity index (χ0n) is 15.5. The number of imidazole rings is 1. The molecule has 0 fully saturated rings. The van der Waals surface area contributed by atoms with Crippen molar-refractivity contribution in [2.24, 2.45) is 7.05 Å². The SMILES string of the molecule is CNS(=O)(=O)c1ccc(N[C@@H](c2ccc(F)cc2)c2nccn2C)c([N+](=O)[O-])c1. The van der Waals surface area contributed by atoms with Gasteiger partial charge in [0.2, 0.25) is 10.0 Å². The predicted molar refractivity (Wildman–Crippen MR) is 104 cm³/mol. The van der Waals surface area contributed by atoms with E-state index in [2.05, 4.69) is 15.0 Å². The highest BCUT2D eigenvalue weighted by Gasteiger charge is 2.25. The number of halogens is 1. The van der Waals surface area contributed by atoms with Gasteiger partial charge < -0.3 is 9.88 Å². The van der Waals surface area contributed by atoms with Gasteiger partial charge >= 0.3 is 0 Å². The molecule has 0 amide bonds. The fraction of sp³-hybridized carbons (Fsp3) is 0.167. The van der Waals surface area contributed by atoms with Crippen LogP contribution in [0.15, 0.2) is 59.8 Å². The van der Waals surface area contributed by atoms with Crippen LogP contribution in [0.4, 0.5) is 15.8 Å². The summed E-state index contributed by atoms with van der Waals surface area (Å²) in [5, 5.41) is 14.6. The van der Waals surface area contributed by atoms with Crippen molar-refractivity contribution in [2.75, 3.05) is 12.4 Å². The minimum absolute atomic E-state index is 0.0994. The molecule has 1 heterocycles. The molecule has 11 heteroatoms.